The lowest BCUT2D eigenvalue weighted by atomic mass is 9.95. The molecule has 1 saturated heterocycles. The third-order valence-electron chi connectivity index (χ3n) is 7.07. The monoisotopic (exact) mass is 601 g/mol. The van der Waals surface area contributed by atoms with Crippen LogP contribution >= 0.6 is 12.2 Å². The van der Waals surface area contributed by atoms with E-state index in [9.17, 15) is 14.9 Å². The molecule has 5 rings (SSSR count). The molecule has 0 saturated carbocycles. The molecule has 2 atom stereocenters. The predicted molar refractivity (Wildman–Crippen MR) is 166 cm³/mol. The third kappa shape index (κ3) is 5.86. The molecule has 11 nitrogen and oxygen atoms in total. The topological polar surface area (TPSA) is 132 Å². The largest absolute Gasteiger partial charge is 0.496 e. The van der Waals surface area contributed by atoms with Crippen LogP contribution in [-0.4, -0.2) is 35.1 Å². The zero-order valence-corrected chi connectivity index (χ0v) is 25.1. The number of pyridine rings is 1. The smallest absolute Gasteiger partial charge is 0.273 e. The van der Waals surface area contributed by atoms with Crippen molar-refractivity contribution < 1.29 is 23.6 Å². The number of ether oxygens (including phenoxy) is 2. The number of nitrogens with zero attached hydrogens (tertiary/aromatic N) is 3. The number of hydrogen-bond acceptors (Lipinski definition) is 8. The average Bonchev–Trinajstić information content (AvgIpc) is 3.61. The standard InChI is InChI=1S/C31H31N5O6S/c1-31(2,3)29(37)33-21-12-10-18(16-26(21)41-5)35-28(27(34-30(35)43)22-8-6-7-15-32-22)24-14-13-23(42-24)20-11-9-19(36(38)39)17-25(20)40-4/h6-17,27-28H,1-5H3,(H,33,37)(H,34,43)/t27-,28+/m0/s1. The summed E-state index contributed by atoms with van der Waals surface area (Å²) in [4.78, 5) is 30.0. The van der Waals surface area contributed by atoms with Gasteiger partial charge in [-0.15, -0.1) is 0 Å². The minimum absolute atomic E-state index is 0.0878. The number of methoxy groups -OCH3 is 2. The Morgan fingerprint density at radius 1 is 1.07 bits per heavy atom. The number of rotatable bonds is 8. The molecule has 0 radical (unpaired) electrons. The van der Waals surface area contributed by atoms with Gasteiger partial charge in [0.05, 0.1) is 48.2 Å². The lowest BCUT2D eigenvalue weighted by molar-refractivity contribution is -0.384. The van der Waals surface area contributed by atoms with Crippen molar-refractivity contribution in [2.24, 2.45) is 5.41 Å². The van der Waals surface area contributed by atoms with Crippen molar-refractivity contribution in [2.45, 2.75) is 32.9 Å². The second-order valence-electron chi connectivity index (χ2n) is 10.9. The number of carbonyl (C=O) groups is 1. The average molecular weight is 602 g/mol. The Balaban J connectivity index is 1.57. The molecule has 1 aliphatic rings. The van der Waals surface area contributed by atoms with Crippen molar-refractivity contribution in [1.29, 1.82) is 0 Å². The Morgan fingerprint density at radius 3 is 2.49 bits per heavy atom. The Labute approximate surface area is 254 Å². The van der Waals surface area contributed by atoms with Crippen LogP contribution in [0.1, 0.15) is 44.3 Å². The summed E-state index contributed by atoms with van der Waals surface area (Å²) in [5.74, 6) is 1.68. The number of thiocarbonyl (C=S) groups is 1. The molecule has 0 unspecified atom stereocenters. The Kier molecular flexibility index (Phi) is 8.05. The second-order valence-corrected chi connectivity index (χ2v) is 11.3. The van der Waals surface area contributed by atoms with Gasteiger partial charge in [-0.3, -0.25) is 19.9 Å². The molecule has 2 N–H and O–H groups in total. The summed E-state index contributed by atoms with van der Waals surface area (Å²) in [6, 6.07) is 18.2. The zero-order valence-electron chi connectivity index (χ0n) is 24.3. The zero-order chi connectivity index (χ0) is 30.9. The van der Waals surface area contributed by atoms with E-state index < -0.39 is 16.4 Å². The molecule has 3 heterocycles. The maximum atomic E-state index is 12.7. The molecule has 0 bridgehead atoms. The maximum absolute atomic E-state index is 12.7. The van der Waals surface area contributed by atoms with Crippen molar-refractivity contribution in [3.63, 3.8) is 0 Å². The minimum atomic E-state index is -0.589. The van der Waals surface area contributed by atoms with E-state index in [1.54, 1.807) is 24.4 Å². The molecule has 12 heteroatoms. The van der Waals surface area contributed by atoms with Crippen LogP contribution in [0.3, 0.4) is 0 Å². The molecule has 222 valence electrons. The van der Waals surface area contributed by atoms with Gasteiger partial charge in [0.2, 0.25) is 5.91 Å². The number of hydrogen-bond donors (Lipinski definition) is 2. The molecular weight excluding hydrogens is 570 g/mol. The highest BCUT2D eigenvalue weighted by molar-refractivity contribution is 7.80. The van der Waals surface area contributed by atoms with E-state index >= 15 is 0 Å². The van der Waals surface area contributed by atoms with Gasteiger partial charge < -0.3 is 29.4 Å². The van der Waals surface area contributed by atoms with Crippen molar-refractivity contribution in [1.82, 2.24) is 10.3 Å². The first-order chi connectivity index (χ1) is 20.5. The van der Waals surface area contributed by atoms with Crippen LogP contribution in [0, 0.1) is 15.5 Å². The molecule has 4 aromatic rings. The van der Waals surface area contributed by atoms with Crippen LogP contribution < -0.4 is 25.0 Å². The van der Waals surface area contributed by atoms with Crippen molar-refractivity contribution in [3.05, 3.63) is 94.5 Å². The SMILES string of the molecule is COc1cc(N2C(=S)N[C@@H](c3ccccn3)[C@H]2c2ccc(-c3ccc([N+](=O)[O-])cc3OC)o2)ccc1NC(=O)C(C)(C)C. The number of nitro groups is 1. The molecular formula is C31H31N5O6S. The Hall–Kier alpha value is -4.97. The number of benzene rings is 2. The summed E-state index contributed by atoms with van der Waals surface area (Å²) in [7, 11) is 2.99. The molecule has 1 fully saturated rings. The number of amides is 1. The summed E-state index contributed by atoms with van der Waals surface area (Å²) >= 11 is 5.84. The number of anilines is 2. The normalized spacial score (nSPS) is 16.5. The number of aromatic nitrogens is 1. The lowest BCUT2D eigenvalue weighted by Gasteiger charge is -2.27. The fourth-order valence-electron chi connectivity index (χ4n) is 4.82. The summed E-state index contributed by atoms with van der Waals surface area (Å²) in [6.45, 7) is 5.51. The number of nitro benzene ring substituents is 1. The van der Waals surface area contributed by atoms with Crippen molar-refractivity contribution >= 4 is 40.3 Å². The summed E-state index contributed by atoms with van der Waals surface area (Å²) in [6.07, 6.45) is 1.71. The van der Waals surface area contributed by atoms with Gasteiger partial charge in [0.25, 0.3) is 5.69 Å². The highest BCUT2D eigenvalue weighted by atomic mass is 32.1. The van der Waals surface area contributed by atoms with Gasteiger partial charge in [0, 0.05) is 29.4 Å². The highest BCUT2D eigenvalue weighted by Gasteiger charge is 2.43. The van der Waals surface area contributed by atoms with Crippen LogP contribution in [0.2, 0.25) is 0 Å². The first-order valence-corrected chi connectivity index (χ1v) is 13.9. The van der Waals surface area contributed by atoms with Gasteiger partial charge >= 0.3 is 0 Å². The Morgan fingerprint density at radius 2 is 1.84 bits per heavy atom. The van der Waals surface area contributed by atoms with E-state index in [-0.39, 0.29) is 17.6 Å². The summed E-state index contributed by atoms with van der Waals surface area (Å²) in [5, 5.41) is 18.1. The van der Waals surface area contributed by atoms with Crippen LogP contribution in [0.4, 0.5) is 17.1 Å². The molecule has 43 heavy (non-hydrogen) atoms. The summed E-state index contributed by atoms with van der Waals surface area (Å²) < 4.78 is 17.5. The van der Waals surface area contributed by atoms with Gasteiger partial charge in [-0.05, 0) is 54.7 Å². The van der Waals surface area contributed by atoms with Crippen LogP contribution in [-0.2, 0) is 4.79 Å². The van der Waals surface area contributed by atoms with E-state index in [0.717, 1.165) is 5.69 Å². The third-order valence-corrected chi connectivity index (χ3v) is 7.38. The van der Waals surface area contributed by atoms with Crippen LogP contribution in [0.25, 0.3) is 11.3 Å². The van der Waals surface area contributed by atoms with Crippen molar-refractivity contribution in [2.75, 3.05) is 24.4 Å². The van der Waals surface area contributed by atoms with Gasteiger partial charge in [0.15, 0.2) is 5.11 Å². The van der Waals surface area contributed by atoms with Gasteiger partial charge in [-0.25, -0.2) is 0 Å². The van der Waals surface area contributed by atoms with E-state index in [1.807, 2.05) is 62.1 Å². The molecule has 2 aromatic carbocycles. The number of furan rings is 1. The van der Waals surface area contributed by atoms with Crippen molar-refractivity contribution in [3.8, 4) is 22.8 Å². The van der Waals surface area contributed by atoms with E-state index in [4.69, 9.17) is 26.1 Å². The predicted octanol–water partition coefficient (Wildman–Crippen LogP) is 6.43. The number of non-ortho nitro benzene ring substituents is 1. The van der Waals surface area contributed by atoms with E-state index in [1.165, 1.54) is 26.4 Å². The fourth-order valence-corrected chi connectivity index (χ4v) is 5.16. The van der Waals surface area contributed by atoms with Crippen LogP contribution in [0.15, 0.2) is 77.3 Å². The quantitative estimate of drug-likeness (QED) is 0.132. The lowest BCUT2D eigenvalue weighted by Crippen LogP contribution is -2.30. The van der Waals surface area contributed by atoms with E-state index in [2.05, 4.69) is 15.6 Å². The van der Waals surface area contributed by atoms with E-state index in [0.29, 0.717) is 45.1 Å². The first-order valence-electron chi connectivity index (χ1n) is 13.4. The first kappa shape index (κ1) is 29.5. The molecule has 0 spiro atoms. The van der Waals surface area contributed by atoms with Gasteiger partial charge in [0.1, 0.15) is 29.1 Å². The number of nitrogens with one attached hydrogen (secondary N) is 2. The molecule has 1 amide bonds. The number of carbonyl (C=O) groups excluding carboxylic acids is 1. The molecule has 2 aromatic heterocycles. The maximum Gasteiger partial charge on any atom is 0.273 e. The van der Waals surface area contributed by atoms with Gasteiger partial charge in [-0.1, -0.05) is 26.8 Å². The second kappa shape index (κ2) is 11.7. The minimum Gasteiger partial charge on any atom is -0.496 e. The molecule has 0 aliphatic carbocycles. The summed E-state index contributed by atoms with van der Waals surface area (Å²) in [5.41, 5.74) is 1.88. The highest BCUT2D eigenvalue weighted by Crippen LogP contribution is 2.45. The Bertz CT molecular complexity index is 1680. The fraction of sp³-hybridized carbons (Fsp3) is 0.258. The molecule has 1 aliphatic heterocycles. The van der Waals surface area contributed by atoms with Crippen LogP contribution in [0.5, 0.6) is 11.5 Å². The van der Waals surface area contributed by atoms with Gasteiger partial charge in [-0.2, -0.15) is 0 Å².